The lowest BCUT2D eigenvalue weighted by atomic mass is 11.1. The standard InChI is InChI=1S/C3H2N2S3/c1-4-3-5-2-7-8(3)6-1/h1-2H. The third-order valence-corrected chi connectivity index (χ3v) is 5.85. The van der Waals surface area contributed by atoms with Gasteiger partial charge in [0.1, 0.15) is 0 Å². The minimum Gasteiger partial charge on any atom is -0.223 e. The number of aliphatic imine (C=N–C) groups is 2. The van der Waals surface area contributed by atoms with Gasteiger partial charge in [0, 0.05) is 0 Å². The Morgan fingerprint density at radius 2 is 1.88 bits per heavy atom. The second-order valence-electron chi connectivity index (χ2n) is 1.18. The van der Waals surface area contributed by atoms with Crippen LogP contribution in [0.3, 0.4) is 0 Å². The molecule has 2 nitrogen and oxygen atoms in total. The SMILES string of the molecule is C1=NC2=S(S1)SC=N2. The maximum absolute atomic E-state index is 4.05. The first-order valence-corrected chi connectivity index (χ1v) is 5.99. The second kappa shape index (κ2) is 1.89. The lowest BCUT2D eigenvalue weighted by molar-refractivity contribution is 1.66. The molecule has 0 aromatic rings. The normalized spacial score (nSPS) is 25.2. The molecule has 0 aromatic heterocycles. The van der Waals surface area contributed by atoms with Crippen LogP contribution in [0.1, 0.15) is 0 Å². The minimum atomic E-state index is 0.238. The summed E-state index contributed by atoms with van der Waals surface area (Å²) in [5.41, 5.74) is 3.73. The molecule has 0 unspecified atom stereocenters. The van der Waals surface area contributed by atoms with Gasteiger partial charge in [0.25, 0.3) is 0 Å². The van der Waals surface area contributed by atoms with E-state index in [9.17, 15) is 0 Å². The van der Waals surface area contributed by atoms with E-state index in [1.54, 1.807) is 21.6 Å². The number of nitrogens with zero attached hydrogens (tertiary/aromatic N) is 2. The zero-order chi connectivity index (χ0) is 5.40. The fraction of sp³-hybridized carbons (Fsp3) is 0. The van der Waals surface area contributed by atoms with Crippen LogP contribution in [-0.2, 0) is 0 Å². The van der Waals surface area contributed by atoms with Crippen molar-refractivity contribution in [2.24, 2.45) is 9.98 Å². The Labute approximate surface area is 56.6 Å². The van der Waals surface area contributed by atoms with Crippen LogP contribution < -0.4 is 0 Å². The van der Waals surface area contributed by atoms with Gasteiger partial charge in [0.15, 0.2) is 5.11 Å². The van der Waals surface area contributed by atoms with E-state index in [-0.39, 0.29) is 8.55 Å². The summed E-state index contributed by atoms with van der Waals surface area (Å²) in [5, 5.41) is 1.00. The van der Waals surface area contributed by atoms with E-state index in [4.69, 9.17) is 0 Å². The third-order valence-electron chi connectivity index (χ3n) is 0.736. The molecule has 2 aliphatic rings. The van der Waals surface area contributed by atoms with E-state index in [1.165, 1.54) is 0 Å². The molecule has 0 aliphatic carbocycles. The lowest BCUT2D eigenvalue weighted by Crippen LogP contribution is -1.75. The number of hydrogen-bond donors (Lipinski definition) is 0. The quantitative estimate of drug-likeness (QED) is 0.400. The van der Waals surface area contributed by atoms with Crippen molar-refractivity contribution in [2.75, 3.05) is 0 Å². The summed E-state index contributed by atoms with van der Waals surface area (Å²) in [7, 11) is 3.74. The molecule has 42 valence electrons. The topological polar surface area (TPSA) is 24.7 Å². The van der Waals surface area contributed by atoms with Crippen molar-refractivity contribution in [3.8, 4) is 0 Å². The zero-order valence-corrected chi connectivity index (χ0v) is 6.22. The van der Waals surface area contributed by atoms with E-state index in [0.717, 1.165) is 5.11 Å². The first-order valence-electron chi connectivity index (χ1n) is 1.97. The van der Waals surface area contributed by atoms with Crippen molar-refractivity contribution in [2.45, 2.75) is 0 Å². The van der Waals surface area contributed by atoms with Crippen LogP contribution in [0, 0.1) is 0 Å². The molecular weight excluding hydrogens is 160 g/mol. The fourth-order valence-corrected chi connectivity index (χ4v) is 4.45. The summed E-state index contributed by atoms with van der Waals surface area (Å²) in [6, 6.07) is 0. The highest BCUT2D eigenvalue weighted by atomic mass is 33.5. The largest absolute Gasteiger partial charge is 0.223 e. The van der Waals surface area contributed by atoms with Crippen LogP contribution in [0.25, 0.3) is 0 Å². The Hall–Kier alpha value is 0.260. The van der Waals surface area contributed by atoms with Crippen LogP contribution in [0.15, 0.2) is 9.98 Å². The molecular formula is C3H2N2S3. The van der Waals surface area contributed by atoms with Crippen molar-refractivity contribution in [3.05, 3.63) is 0 Å². The van der Waals surface area contributed by atoms with Crippen molar-refractivity contribution in [3.63, 3.8) is 0 Å². The van der Waals surface area contributed by atoms with Crippen molar-refractivity contribution in [1.82, 2.24) is 0 Å². The molecule has 0 saturated carbocycles. The van der Waals surface area contributed by atoms with E-state index < -0.39 is 0 Å². The highest BCUT2D eigenvalue weighted by molar-refractivity contribution is 9.20. The third kappa shape index (κ3) is 0.655. The van der Waals surface area contributed by atoms with Crippen molar-refractivity contribution in [1.29, 1.82) is 0 Å². The van der Waals surface area contributed by atoms with Gasteiger partial charge in [0.05, 0.1) is 11.1 Å². The monoisotopic (exact) mass is 162 g/mol. The van der Waals surface area contributed by atoms with Gasteiger partial charge in [-0.3, -0.25) is 0 Å². The summed E-state index contributed by atoms with van der Waals surface area (Å²) >= 11 is 0. The highest BCUT2D eigenvalue weighted by Crippen LogP contribution is 2.48. The molecule has 8 heavy (non-hydrogen) atoms. The van der Waals surface area contributed by atoms with Gasteiger partial charge in [-0.15, -0.1) is 0 Å². The molecule has 0 N–H and O–H groups in total. The molecule has 0 saturated heterocycles. The molecule has 0 radical (unpaired) electrons. The van der Waals surface area contributed by atoms with Crippen LogP contribution in [-0.4, -0.2) is 16.2 Å². The molecule has 2 aliphatic heterocycles. The van der Waals surface area contributed by atoms with Crippen LogP contribution in [0.5, 0.6) is 0 Å². The predicted octanol–water partition coefficient (Wildman–Crippen LogP) is 1.72. The van der Waals surface area contributed by atoms with E-state index in [0.29, 0.717) is 0 Å². The number of rotatable bonds is 0. The van der Waals surface area contributed by atoms with Gasteiger partial charge < -0.3 is 0 Å². The van der Waals surface area contributed by atoms with E-state index >= 15 is 0 Å². The van der Waals surface area contributed by atoms with Gasteiger partial charge in [-0.05, 0) is 30.1 Å². The molecule has 0 aromatic carbocycles. The van der Waals surface area contributed by atoms with E-state index in [1.807, 2.05) is 11.1 Å². The predicted molar refractivity (Wildman–Crippen MR) is 44.8 cm³/mol. The van der Waals surface area contributed by atoms with Gasteiger partial charge >= 0.3 is 0 Å². The minimum absolute atomic E-state index is 0.238. The van der Waals surface area contributed by atoms with E-state index in [2.05, 4.69) is 9.98 Å². The molecule has 0 bridgehead atoms. The lowest BCUT2D eigenvalue weighted by Gasteiger charge is -1.84. The first kappa shape index (κ1) is 5.08. The Morgan fingerprint density at radius 1 is 1.25 bits per heavy atom. The Kier molecular flexibility index (Phi) is 1.20. The Balaban J connectivity index is 2.43. The molecule has 2 heterocycles. The molecule has 0 amide bonds. The summed E-state index contributed by atoms with van der Waals surface area (Å²) in [6.45, 7) is 0. The maximum Gasteiger partial charge on any atom is 0.199 e. The first-order chi connectivity index (χ1) is 3.97. The smallest absolute Gasteiger partial charge is 0.199 e. The summed E-state index contributed by atoms with van der Waals surface area (Å²) in [6.07, 6.45) is 0. The molecule has 5 heteroatoms. The van der Waals surface area contributed by atoms with Crippen LogP contribution >= 0.6 is 30.1 Å². The average molecular weight is 162 g/mol. The maximum atomic E-state index is 4.05. The summed E-state index contributed by atoms with van der Waals surface area (Å²) < 4.78 is 0. The van der Waals surface area contributed by atoms with Crippen LogP contribution in [0.2, 0.25) is 0 Å². The molecule has 0 fully saturated rings. The Morgan fingerprint density at radius 3 is 2.38 bits per heavy atom. The van der Waals surface area contributed by atoms with Gasteiger partial charge in [-0.2, -0.15) is 0 Å². The van der Waals surface area contributed by atoms with Crippen molar-refractivity contribution < 1.29 is 0 Å². The van der Waals surface area contributed by atoms with Crippen molar-refractivity contribution >= 4 is 46.3 Å². The second-order valence-corrected chi connectivity index (χ2v) is 6.61. The molecule has 2 rings (SSSR count). The highest BCUT2D eigenvalue weighted by Gasteiger charge is 2.12. The summed E-state index contributed by atoms with van der Waals surface area (Å²) in [4.78, 5) is 8.09. The number of hydrogen-bond acceptors (Lipinski definition) is 4. The van der Waals surface area contributed by atoms with Gasteiger partial charge in [-0.1, -0.05) is 0 Å². The van der Waals surface area contributed by atoms with Gasteiger partial charge in [0.2, 0.25) is 0 Å². The molecule has 0 atom stereocenters. The molecule has 0 spiro atoms. The fourth-order valence-electron chi connectivity index (χ4n) is 0.440. The Bertz CT molecular complexity index is 185. The van der Waals surface area contributed by atoms with Crippen LogP contribution in [0.4, 0.5) is 0 Å². The van der Waals surface area contributed by atoms with Gasteiger partial charge in [-0.25, -0.2) is 9.98 Å². The summed E-state index contributed by atoms with van der Waals surface area (Å²) in [5.74, 6) is 0. The average Bonchev–Trinajstić information content (AvgIpc) is 2.15. The zero-order valence-electron chi connectivity index (χ0n) is 3.77.